The molecule has 0 radical (unpaired) electrons. The van der Waals surface area contributed by atoms with E-state index in [0.29, 0.717) is 36.5 Å². The van der Waals surface area contributed by atoms with Crippen molar-refractivity contribution >= 4 is 46.7 Å². The summed E-state index contributed by atoms with van der Waals surface area (Å²) in [5.74, 6) is 0.0751. The normalized spacial score (nSPS) is 15.5. The van der Waals surface area contributed by atoms with Crippen molar-refractivity contribution in [1.82, 2.24) is 4.57 Å². The van der Waals surface area contributed by atoms with E-state index in [2.05, 4.69) is 4.99 Å². The summed E-state index contributed by atoms with van der Waals surface area (Å²) in [7, 11) is 0. The molecule has 6 nitrogen and oxygen atoms in total. The Kier molecular flexibility index (Phi) is 7.00. The van der Waals surface area contributed by atoms with Gasteiger partial charge in [0, 0.05) is 16.0 Å². The summed E-state index contributed by atoms with van der Waals surface area (Å²) in [5, 5.41) is 1.36. The molecule has 2 aromatic heterocycles. The Balaban J connectivity index is 1.56. The molecule has 1 aliphatic heterocycles. The quantitative estimate of drug-likeness (QED) is 0.317. The largest absolute Gasteiger partial charge is 0.463 e. The standard InChI is InChI=1S/C27H21ClN2O4S2/c1-3-33-26(32)23-16(2)29-27-30(24(23)17-7-5-4-6-8-17)25(31)21(36-27)15-19-11-14-22(34-19)35-20-12-9-18(28)10-13-20/h4-15,24H,3H2,1-2H3. The van der Waals surface area contributed by atoms with Gasteiger partial charge < -0.3 is 9.15 Å². The van der Waals surface area contributed by atoms with Gasteiger partial charge in [-0.3, -0.25) is 9.36 Å². The van der Waals surface area contributed by atoms with Gasteiger partial charge in [0.15, 0.2) is 9.89 Å². The van der Waals surface area contributed by atoms with Gasteiger partial charge in [-0.05, 0) is 55.8 Å². The van der Waals surface area contributed by atoms with E-state index in [4.69, 9.17) is 20.8 Å². The number of hydrogen-bond acceptors (Lipinski definition) is 7. The Labute approximate surface area is 220 Å². The Bertz CT molecular complexity index is 1630. The third-order valence-electron chi connectivity index (χ3n) is 5.54. The van der Waals surface area contributed by atoms with E-state index in [-0.39, 0.29) is 12.2 Å². The number of allylic oxidation sites excluding steroid dienone is 1. The molecule has 0 saturated carbocycles. The van der Waals surface area contributed by atoms with Crippen LogP contribution < -0.4 is 14.9 Å². The summed E-state index contributed by atoms with van der Waals surface area (Å²) in [6.07, 6.45) is 1.71. The molecule has 0 bridgehead atoms. The Morgan fingerprint density at radius 2 is 1.92 bits per heavy atom. The predicted molar refractivity (Wildman–Crippen MR) is 141 cm³/mol. The summed E-state index contributed by atoms with van der Waals surface area (Å²) in [4.78, 5) is 32.6. The predicted octanol–water partition coefficient (Wildman–Crippen LogP) is 5.20. The van der Waals surface area contributed by atoms with Crippen molar-refractivity contribution in [2.24, 2.45) is 4.99 Å². The maximum atomic E-state index is 13.6. The van der Waals surface area contributed by atoms with Gasteiger partial charge in [-0.1, -0.05) is 65.0 Å². The van der Waals surface area contributed by atoms with Crippen LogP contribution in [0.25, 0.3) is 6.08 Å². The molecule has 1 atom stereocenters. The molecule has 0 fully saturated rings. The molecule has 9 heteroatoms. The van der Waals surface area contributed by atoms with E-state index in [9.17, 15) is 9.59 Å². The third kappa shape index (κ3) is 4.84. The lowest BCUT2D eigenvalue weighted by molar-refractivity contribution is -0.139. The van der Waals surface area contributed by atoms with Crippen LogP contribution in [0.15, 0.2) is 102 Å². The number of hydrogen-bond donors (Lipinski definition) is 0. The second kappa shape index (κ2) is 10.3. The second-order valence-corrected chi connectivity index (χ2v) is 10.4. The van der Waals surface area contributed by atoms with Gasteiger partial charge in [-0.25, -0.2) is 9.79 Å². The highest BCUT2D eigenvalue weighted by molar-refractivity contribution is 7.99. The molecule has 5 rings (SSSR count). The van der Waals surface area contributed by atoms with Crippen LogP contribution in [0.1, 0.15) is 31.2 Å². The van der Waals surface area contributed by atoms with Crippen molar-refractivity contribution < 1.29 is 13.9 Å². The van der Waals surface area contributed by atoms with Crippen molar-refractivity contribution in [1.29, 1.82) is 0 Å². The van der Waals surface area contributed by atoms with E-state index in [1.54, 1.807) is 24.5 Å². The number of halogens is 1. The molecule has 0 aliphatic carbocycles. The smallest absolute Gasteiger partial charge is 0.338 e. The first-order chi connectivity index (χ1) is 17.4. The van der Waals surface area contributed by atoms with Gasteiger partial charge in [0.2, 0.25) is 0 Å². The molecule has 0 N–H and O–H groups in total. The lowest BCUT2D eigenvalue weighted by Crippen LogP contribution is -2.39. The van der Waals surface area contributed by atoms with Crippen LogP contribution in [0.2, 0.25) is 5.02 Å². The molecule has 1 aliphatic rings. The molecule has 3 heterocycles. The average Bonchev–Trinajstić information content (AvgIpc) is 3.44. The average molecular weight is 537 g/mol. The number of benzene rings is 2. The molecule has 1 unspecified atom stereocenters. The number of esters is 1. The molecule has 182 valence electrons. The maximum absolute atomic E-state index is 13.6. The highest BCUT2D eigenvalue weighted by atomic mass is 35.5. The first-order valence-electron chi connectivity index (χ1n) is 11.2. The zero-order chi connectivity index (χ0) is 25.2. The summed E-state index contributed by atoms with van der Waals surface area (Å²) in [5.41, 5.74) is 1.46. The molecular weight excluding hydrogens is 516 g/mol. The minimum atomic E-state index is -0.628. The van der Waals surface area contributed by atoms with Gasteiger partial charge in [-0.15, -0.1) is 0 Å². The van der Waals surface area contributed by atoms with Crippen LogP contribution in [0.4, 0.5) is 0 Å². The minimum Gasteiger partial charge on any atom is -0.463 e. The summed E-state index contributed by atoms with van der Waals surface area (Å²) in [6.45, 7) is 3.76. The number of thiazole rings is 1. The van der Waals surface area contributed by atoms with E-state index >= 15 is 0 Å². The van der Waals surface area contributed by atoms with Crippen molar-refractivity contribution in [2.45, 2.75) is 29.9 Å². The number of ether oxygens (including phenoxy) is 1. The number of fused-ring (bicyclic) bond motifs is 1. The number of nitrogens with zero attached hydrogens (tertiary/aromatic N) is 2. The minimum absolute atomic E-state index is 0.233. The highest BCUT2D eigenvalue weighted by Crippen LogP contribution is 2.31. The molecule has 0 amide bonds. The second-order valence-electron chi connectivity index (χ2n) is 7.93. The fraction of sp³-hybridized carbons (Fsp3) is 0.148. The lowest BCUT2D eigenvalue weighted by atomic mass is 9.96. The first-order valence-corrected chi connectivity index (χ1v) is 13.2. The molecule has 0 spiro atoms. The van der Waals surface area contributed by atoms with E-state index in [1.165, 1.54) is 23.1 Å². The zero-order valence-corrected chi connectivity index (χ0v) is 21.8. The van der Waals surface area contributed by atoms with Gasteiger partial charge in [0.05, 0.1) is 28.5 Å². The van der Waals surface area contributed by atoms with Crippen molar-refractivity contribution in [3.8, 4) is 0 Å². The van der Waals surface area contributed by atoms with Crippen LogP contribution in [-0.2, 0) is 9.53 Å². The lowest BCUT2D eigenvalue weighted by Gasteiger charge is -2.24. The van der Waals surface area contributed by atoms with Crippen LogP contribution >= 0.6 is 34.7 Å². The van der Waals surface area contributed by atoms with E-state index < -0.39 is 12.0 Å². The van der Waals surface area contributed by atoms with Crippen LogP contribution in [-0.4, -0.2) is 17.1 Å². The molecular formula is C27H21ClN2O4S2. The number of carbonyl (C=O) groups is 1. The van der Waals surface area contributed by atoms with Crippen LogP contribution in [0, 0.1) is 0 Å². The van der Waals surface area contributed by atoms with Crippen molar-refractivity contribution in [3.05, 3.63) is 114 Å². The number of furan rings is 1. The first kappa shape index (κ1) is 24.4. The number of aromatic nitrogens is 1. The fourth-order valence-corrected chi connectivity index (χ4v) is 5.89. The summed E-state index contributed by atoms with van der Waals surface area (Å²) >= 11 is 8.69. The van der Waals surface area contributed by atoms with E-state index in [1.807, 2.05) is 66.7 Å². The van der Waals surface area contributed by atoms with E-state index in [0.717, 1.165) is 10.5 Å². The highest BCUT2D eigenvalue weighted by Gasteiger charge is 2.33. The third-order valence-corrected chi connectivity index (χ3v) is 7.70. The van der Waals surface area contributed by atoms with Crippen LogP contribution in [0.3, 0.4) is 0 Å². The van der Waals surface area contributed by atoms with Gasteiger partial charge in [0.1, 0.15) is 5.76 Å². The maximum Gasteiger partial charge on any atom is 0.338 e. The van der Waals surface area contributed by atoms with Crippen molar-refractivity contribution in [3.63, 3.8) is 0 Å². The molecule has 36 heavy (non-hydrogen) atoms. The fourth-order valence-electron chi connectivity index (χ4n) is 3.96. The molecule has 4 aromatic rings. The van der Waals surface area contributed by atoms with Gasteiger partial charge in [0.25, 0.3) is 5.56 Å². The van der Waals surface area contributed by atoms with Crippen molar-refractivity contribution in [2.75, 3.05) is 6.61 Å². The Hall–Kier alpha value is -3.33. The van der Waals surface area contributed by atoms with Gasteiger partial charge >= 0.3 is 5.97 Å². The Morgan fingerprint density at radius 3 is 2.64 bits per heavy atom. The number of carbonyl (C=O) groups excluding carboxylic acids is 1. The Morgan fingerprint density at radius 1 is 1.17 bits per heavy atom. The summed E-state index contributed by atoms with van der Waals surface area (Å²) in [6, 6.07) is 20.0. The summed E-state index contributed by atoms with van der Waals surface area (Å²) < 4.78 is 13.3. The van der Waals surface area contributed by atoms with Crippen LogP contribution in [0.5, 0.6) is 0 Å². The topological polar surface area (TPSA) is 73.8 Å². The number of rotatable bonds is 6. The SMILES string of the molecule is CCOC(=O)C1=C(C)N=c2sc(=Cc3ccc(Sc4ccc(Cl)cc4)o3)c(=O)n2C1c1ccccc1. The monoisotopic (exact) mass is 536 g/mol. The molecule has 2 aromatic carbocycles. The van der Waals surface area contributed by atoms with Gasteiger partial charge in [-0.2, -0.15) is 0 Å². The molecule has 0 saturated heterocycles. The zero-order valence-electron chi connectivity index (χ0n) is 19.4.